The molecule has 102 valence electrons. The highest BCUT2D eigenvalue weighted by atomic mass is 16.3. The van der Waals surface area contributed by atoms with Crippen LogP contribution in [0.3, 0.4) is 0 Å². The molecule has 0 bridgehead atoms. The molecule has 0 aromatic carbocycles. The number of aliphatic hydroxyl groups excluding tert-OH is 2. The first-order valence-corrected chi connectivity index (χ1v) is 6.00. The van der Waals surface area contributed by atoms with Gasteiger partial charge in [0.1, 0.15) is 18.0 Å². The van der Waals surface area contributed by atoms with Gasteiger partial charge in [-0.15, -0.1) is 0 Å². The van der Waals surface area contributed by atoms with E-state index in [0.29, 0.717) is 0 Å². The summed E-state index contributed by atoms with van der Waals surface area (Å²) in [6, 6.07) is 1.83. The molecule has 0 saturated carbocycles. The van der Waals surface area contributed by atoms with Gasteiger partial charge in [0.25, 0.3) is 0 Å². The Morgan fingerprint density at radius 3 is 1.72 bits per heavy atom. The van der Waals surface area contributed by atoms with Crippen LogP contribution in [-0.4, -0.2) is 59.6 Å². The maximum Gasteiger partial charge on any atom is 0.134 e. The Kier molecular flexibility index (Phi) is 5.30. The molecule has 0 radical (unpaired) electrons. The summed E-state index contributed by atoms with van der Waals surface area (Å²) in [5, 5.41) is 18.3. The predicted molar refractivity (Wildman–Crippen MR) is 71.9 cm³/mol. The fourth-order valence-electron chi connectivity index (χ4n) is 1.42. The first kappa shape index (κ1) is 14.7. The Bertz CT molecular complexity index is 344. The molecule has 1 rings (SSSR count). The lowest BCUT2D eigenvalue weighted by Crippen LogP contribution is -2.34. The normalized spacial score (nSPS) is 14.1. The van der Waals surface area contributed by atoms with Gasteiger partial charge in [-0.3, -0.25) is 0 Å². The van der Waals surface area contributed by atoms with E-state index in [1.165, 1.54) is 6.33 Å². The third-order valence-electron chi connectivity index (χ3n) is 3.21. The maximum atomic E-state index is 9.14. The van der Waals surface area contributed by atoms with Crippen LogP contribution in [0.5, 0.6) is 0 Å². The van der Waals surface area contributed by atoms with Crippen LogP contribution in [0.25, 0.3) is 0 Å². The van der Waals surface area contributed by atoms with Gasteiger partial charge in [0.05, 0.1) is 25.3 Å². The van der Waals surface area contributed by atoms with Gasteiger partial charge in [-0.25, -0.2) is 9.97 Å². The molecule has 18 heavy (non-hydrogen) atoms. The highest BCUT2D eigenvalue weighted by Crippen LogP contribution is 2.18. The molecule has 0 aliphatic carbocycles. The van der Waals surface area contributed by atoms with Crippen LogP contribution in [0.4, 0.5) is 11.6 Å². The molecule has 6 heteroatoms. The predicted octanol–water partition coefficient (Wildman–Crippen LogP) is 0.111. The highest BCUT2D eigenvalue weighted by molar-refractivity contribution is 5.50. The van der Waals surface area contributed by atoms with E-state index < -0.39 is 0 Å². The van der Waals surface area contributed by atoms with E-state index in [0.717, 1.165) is 11.6 Å². The number of hydrogen-bond donors (Lipinski definition) is 2. The number of nitrogens with zero attached hydrogens (tertiary/aromatic N) is 4. The minimum atomic E-state index is -0.00618. The van der Waals surface area contributed by atoms with Crippen molar-refractivity contribution in [2.45, 2.75) is 25.9 Å². The van der Waals surface area contributed by atoms with E-state index in [9.17, 15) is 0 Å². The van der Waals surface area contributed by atoms with Crippen LogP contribution in [0, 0.1) is 0 Å². The zero-order valence-electron chi connectivity index (χ0n) is 11.4. The molecule has 0 aliphatic rings. The topological polar surface area (TPSA) is 72.7 Å². The molecule has 0 amide bonds. The lowest BCUT2D eigenvalue weighted by atomic mass is 10.3. The second-order valence-electron chi connectivity index (χ2n) is 4.52. The second-order valence-corrected chi connectivity index (χ2v) is 4.52. The molecular weight excluding hydrogens is 232 g/mol. The van der Waals surface area contributed by atoms with E-state index in [4.69, 9.17) is 10.2 Å². The standard InChI is InChI=1S/C12H22N4O2/c1-9(6-17)15(3)11-5-12(14-8-13-11)16(4)10(2)7-18/h5,8-10,17-18H,6-7H2,1-4H3. The quantitative estimate of drug-likeness (QED) is 0.751. The van der Waals surface area contributed by atoms with E-state index in [-0.39, 0.29) is 25.3 Å². The first-order chi connectivity index (χ1) is 8.51. The summed E-state index contributed by atoms with van der Waals surface area (Å²) < 4.78 is 0. The molecule has 2 atom stereocenters. The Morgan fingerprint density at radius 2 is 1.39 bits per heavy atom. The van der Waals surface area contributed by atoms with Crippen molar-refractivity contribution in [1.29, 1.82) is 0 Å². The van der Waals surface area contributed by atoms with Crippen LogP contribution in [0.15, 0.2) is 12.4 Å². The van der Waals surface area contributed by atoms with Crippen LogP contribution >= 0.6 is 0 Å². The number of aliphatic hydroxyl groups is 2. The zero-order chi connectivity index (χ0) is 13.7. The van der Waals surface area contributed by atoms with Gasteiger partial charge < -0.3 is 20.0 Å². The molecule has 1 heterocycles. The molecule has 0 saturated heterocycles. The zero-order valence-corrected chi connectivity index (χ0v) is 11.4. The number of likely N-dealkylation sites (N-methyl/N-ethyl adjacent to an activating group) is 2. The Labute approximate surface area is 108 Å². The summed E-state index contributed by atoms with van der Waals surface area (Å²) >= 11 is 0. The van der Waals surface area contributed by atoms with Gasteiger partial charge in [0.15, 0.2) is 0 Å². The highest BCUT2D eigenvalue weighted by Gasteiger charge is 2.14. The van der Waals surface area contributed by atoms with Crippen molar-refractivity contribution < 1.29 is 10.2 Å². The average Bonchev–Trinajstić information content (AvgIpc) is 2.43. The van der Waals surface area contributed by atoms with Gasteiger partial charge in [-0.05, 0) is 13.8 Å². The number of anilines is 2. The average molecular weight is 254 g/mol. The Morgan fingerprint density at radius 1 is 1.00 bits per heavy atom. The Hall–Kier alpha value is -1.40. The molecule has 2 unspecified atom stereocenters. The first-order valence-electron chi connectivity index (χ1n) is 6.00. The minimum absolute atomic E-state index is 0.00618. The monoisotopic (exact) mass is 254 g/mol. The summed E-state index contributed by atoms with van der Waals surface area (Å²) in [6.45, 7) is 3.97. The van der Waals surface area contributed by atoms with E-state index in [1.54, 1.807) is 0 Å². The van der Waals surface area contributed by atoms with Crippen molar-refractivity contribution >= 4 is 11.6 Å². The third kappa shape index (κ3) is 3.30. The summed E-state index contributed by atoms with van der Waals surface area (Å²) in [5.41, 5.74) is 0. The van der Waals surface area contributed by atoms with Gasteiger partial charge in [0.2, 0.25) is 0 Å². The van der Waals surface area contributed by atoms with Crippen LogP contribution in [0.1, 0.15) is 13.8 Å². The summed E-state index contributed by atoms with van der Waals surface area (Å²) in [5.74, 6) is 1.50. The van der Waals surface area contributed by atoms with Crippen molar-refractivity contribution in [3.05, 3.63) is 12.4 Å². The second kappa shape index (κ2) is 6.51. The molecule has 0 fully saturated rings. The smallest absolute Gasteiger partial charge is 0.134 e. The largest absolute Gasteiger partial charge is 0.394 e. The van der Waals surface area contributed by atoms with E-state index >= 15 is 0 Å². The van der Waals surface area contributed by atoms with Gasteiger partial charge in [-0.2, -0.15) is 0 Å². The van der Waals surface area contributed by atoms with E-state index in [2.05, 4.69) is 9.97 Å². The fourth-order valence-corrected chi connectivity index (χ4v) is 1.42. The third-order valence-corrected chi connectivity index (χ3v) is 3.21. The van der Waals surface area contributed by atoms with Crippen molar-refractivity contribution in [3.63, 3.8) is 0 Å². The molecule has 1 aromatic heterocycles. The van der Waals surface area contributed by atoms with Crippen molar-refractivity contribution in [2.75, 3.05) is 37.1 Å². The lowest BCUT2D eigenvalue weighted by molar-refractivity contribution is 0.269. The van der Waals surface area contributed by atoms with Crippen molar-refractivity contribution in [3.8, 4) is 0 Å². The number of hydrogen-bond acceptors (Lipinski definition) is 6. The van der Waals surface area contributed by atoms with Gasteiger partial charge in [0, 0.05) is 20.2 Å². The molecule has 2 N–H and O–H groups in total. The molecule has 0 spiro atoms. The van der Waals surface area contributed by atoms with E-state index in [1.807, 2.05) is 43.8 Å². The summed E-state index contributed by atoms with van der Waals surface area (Å²) in [4.78, 5) is 12.2. The molecule has 0 aliphatic heterocycles. The van der Waals surface area contributed by atoms with Crippen molar-refractivity contribution in [1.82, 2.24) is 9.97 Å². The van der Waals surface area contributed by atoms with Crippen molar-refractivity contribution in [2.24, 2.45) is 0 Å². The fraction of sp³-hybridized carbons (Fsp3) is 0.667. The van der Waals surface area contributed by atoms with Crippen LogP contribution in [-0.2, 0) is 0 Å². The molecule has 6 nitrogen and oxygen atoms in total. The summed E-state index contributed by atoms with van der Waals surface area (Å²) in [6.07, 6.45) is 1.49. The SMILES string of the molecule is CC(CO)N(C)c1cc(N(C)C(C)CO)ncn1. The number of rotatable bonds is 6. The van der Waals surface area contributed by atoms with Gasteiger partial charge >= 0.3 is 0 Å². The minimum Gasteiger partial charge on any atom is -0.394 e. The maximum absolute atomic E-state index is 9.14. The van der Waals surface area contributed by atoms with Crippen LogP contribution in [0.2, 0.25) is 0 Å². The Balaban J connectivity index is 2.91. The van der Waals surface area contributed by atoms with Gasteiger partial charge in [-0.1, -0.05) is 0 Å². The van der Waals surface area contributed by atoms with Crippen LogP contribution < -0.4 is 9.80 Å². The number of aromatic nitrogens is 2. The molecular formula is C12H22N4O2. The lowest BCUT2D eigenvalue weighted by Gasteiger charge is -2.27. The molecule has 1 aromatic rings. The summed E-state index contributed by atoms with van der Waals surface area (Å²) in [7, 11) is 3.75.